The fourth-order valence-electron chi connectivity index (χ4n) is 2.45. The molecule has 0 atom stereocenters. The number of aromatic nitrogens is 2. The first-order chi connectivity index (χ1) is 11.2. The van der Waals surface area contributed by atoms with Gasteiger partial charge in [-0.2, -0.15) is 0 Å². The normalized spacial score (nSPS) is 10.7. The molecule has 0 spiro atoms. The van der Waals surface area contributed by atoms with E-state index in [1.54, 1.807) is 19.1 Å². The topological polar surface area (TPSA) is 58.2 Å². The number of carbonyl (C=O) groups excluding carboxylic acids is 1. The van der Waals surface area contributed by atoms with Crippen LogP contribution in [0.15, 0.2) is 48.5 Å². The number of rotatable bonds is 5. The maximum absolute atomic E-state index is 12.3. The number of hydrogen-bond donors (Lipinski definition) is 1. The Morgan fingerprint density at radius 1 is 1.17 bits per heavy atom. The molecule has 23 heavy (non-hydrogen) atoms. The number of carbonyl (C=O) groups is 1. The van der Waals surface area contributed by atoms with Crippen molar-refractivity contribution in [1.82, 2.24) is 14.9 Å². The Balaban J connectivity index is 1.64. The number of amides is 1. The zero-order chi connectivity index (χ0) is 16.2. The fraction of sp³-hybridized carbons (Fsp3) is 0.222. The van der Waals surface area contributed by atoms with Gasteiger partial charge in [-0.1, -0.05) is 24.3 Å². The Bertz CT molecular complexity index is 776. The van der Waals surface area contributed by atoms with E-state index in [0.717, 1.165) is 28.2 Å². The van der Waals surface area contributed by atoms with Gasteiger partial charge >= 0.3 is 0 Å². The van der Waals surface area contributed by atoms with Gasteiger partial charge in [0.2, 0.25) is 5.91 Å². The summed E-state index contributed by atoms with van der Waals surface area (Å²) < 4.78 is 5.12. The van der Waals surface area contributed by atoms with E-state index in [9.17, 15) is 4.79 Å². The molecule has 0 bridgehead atoms. The van der Waals surface area contributed by atoms with Gasteiger partial charge in [0.05, 0.1) is 31.1 Å². The van der Waals surface area contributed by atoms with Crippen LogP contribution in [0.4, 0.5) is 0 Å². The summed E-state index contributed by atoms with van der Waals surface area (Å²) >= 11 is 0. The molecule has 118 valence electrons. The Kier molecular flexibility index (Phi) is 4.28. The summed E-state index contributed by atoms with van der Waals surface area (Å²) in [7, 11) is 3.42. The molecule has 3 rings (SSSR count). The van der Waals surface area contributed by atoms with Crippen LogP contribution in [-0.2, 0) is 17.8 Å². The van der Waals surface area contributed by atoms with Crippen LogP contribution >= 0.6 is 0 Å². The zero-order valence-corrected chi connectivity index (χ0v) is 13.2. The molecule has 0 aliphatic carbocycles. The summed E-state index contributed by atoms with van der Waals surface area (Å²) in [5, 5.41) is 0. The molecule has 2 aromatic carbocycles. The predicted octanol–water partition coefficient (Wildman–Crippen LogP) is 2.77. The number of nitrogens with zero attached hydrogens (tertiary/aromatic N) is 2. The third-order valence-electron chi connectivity index (χ3n) is 3.77. The maximum Gasteiger partial charge on any atom is 0.227 e. The van der Waals surface area contributed by atoms with Crippen molar-refractivity contribution in [2.24, 2.45) is 0 Å². The van der Waals surface area contributed by atoms with Crippen molar-refractivity contribution in [3.05, 3.63) is 59.9 Å². The largest absolute Gasteiger partial charge is 0.497 e. The van der Waals surface area contributed by atoms with Crippen molar-refractivity contribution < 1.29 is 9.53 Å². The lowest BCUT2D eigenvalue weighted by atomic mass is 10.1. The van der Waals surface area contributed by atoms with Gasteiger partial charge in [-0.3, -0.25) is 4.79 Å². The predicted molar refractivity (Wildman–Crippen MR) is 89.3 cm³/mol. The number of fused-ring (bicyclic) bond motifs is 1. The third kappa shape index (κ3) is 3.51. The molecule has 0 aliphatic heterocycles. The highest BCUT2D eigenvalue weighted by atomic mass is 16.5. The minimum Gasteiger partial charge on any atom is -0.497 e. The standard InChI is InChI=1S/C18H19N3O2/c1-21(12-17-19-15-5-3-4-6-16(15)20-17)18(22)11-13-7-9-14(23-2)10-8-13/h3-10H,11-12H2,1-2H3,(H,19,20). The number of ether oxygens (including phenoxy) is 1. The van der Waals surface area contributed by atoms with E-state index in [4.69, 9.17) is 4.74 Å². The minimum absolute atomic E-state index is 0.0515. The molecule has 0 unspecified atom stereocenters. The molecule has 0 saturated heterocycles. The van der Waals surface area contributed by atoms with Crippen molar-refractivity contribution in [2.45, 2.75) is 13.0 Å². The highest BCUT2D eigenvalue weighted by Crippen LogP contribution is 2.14. The number of para-hydroxylation sites is 2. The molecule has 0 aliphatic rings. The van der Waals surface area contributed by atoms with Gasteiger partial charge in [-0.05, 0) is 29.8 Å². The second-order valence-electron chi connectivity index (χ2n) is 5.48. The monoisotopic (exact) mass is 309 g/mol. The number of imidazole rings is 1. The molecule has 3 aromatic rings. The van der Waals surface area contributed by atoms with E-state index < -0.39 is 0 Å². The van der Waals surface area contributed by atoms with Crippen LogP contribution < -0.4 is 4.74 Å². The van der Waals surface area contributed by atoms with E-state index >= 15 is 0 Å². The molecule has 0 saturated carbocycles. The number of hydrogen-bond acceptors (Lipinski definition) is 3. The van der Waals surface area contributed by atoms with Crippen molar-refractivity contribution in [3.63, 3.8) is 0 Å². The summed E-state index contributed by atoms with van der Waals surface area (Å²) in [6.07, 6.45) is 0.362. The SMILES string of the molecule is COc1ccc(CC(=O)N(C)Cc2nc3ccccc3[nH]2)cc1. The van der Waals surface area contributed by atoms with Gasteiger partial charge in [-0.25, -0.2) is 4.98 Å². The maximum atomic E-state index is 12.3. The smallest absolute Gasteiger partial charge is 0.227 e. The van der Waals surface area contributed by atoms with E-state index in [1.807, 2.05) is 48.5 Å². The minimum atomic E-state index is 0.0515. The summed E-state index contributed by atoms with van der Waals surface area (Å²) in [4.78, 5) is 21.8. The van der Waals surface area contributed by atoms with Gasteiger partial charge in [0.1, 0.15) is 11.6 Å². The molecule has 5 heteroatoms. The molecule has 1 N–H and O–H groups in total. The second-order valence-corrected chi connectivity index (χ2v) is 5.48. The molecule has 1 amide bonds. The van der Waals surface area contributed by atoms with E-state index in [0.29, 0.717) is 13.0 Å². The van der Waals surface area contributed by atoms with Crippen LogP contribution in [0.2, 0.25) is 0 Å². The molecule has 0 fully saturated rings. The first-order valence-electron chi connectivity index (χ1n) is 7.46. The number of aromatic amines is 1. The molecule has 0 radical (unpaired) electrons. The fourth-order valence-corrected chi connectivity index (χ4v) is 2.45. The number of benzene rings is 2. The number of nitrogens with one attached hydrogen (secondary N) is 1. The highest BCUT2D eigenvalue weighted by Gasteiger charge is 2.12. The van der Waals surface area contributed by atoms with Gasteiger partial charge in [0.25, 0.3) is 0 Å². The first-order valence-corrected chi connectivity index (χ1v) is 7.46. The first kappa shape index (κ1) is 15.1. The van der Waals surface area contributed by atoms with Crippen LogP contribution in [0.1, 0.15) is 11.4 Å². The Morgan fingerprint density at radius 3 is 2.61 bits per heavy atom. The van der Waals surface area contributed by atoms with Gasteiger partial charge in [0.15, 0.2) is 0 Å². The van der Waals surface area contributed by atoms with Crippen LogP contribution in [0.25, 0.3) is 11.0 Å². The molecular formula is C18H19N3O2. The number of H-pyrrole nitrogens is 1. The highest BCUT2D eigenvalue weighted by molar-refractivity contribution is 5.79. The van der Waals surface area contributed by atoms with Crippen LogP contribution in [0, 0.1) is 0 Å². The number of methoxy groups -OCH3 is 1. The van der Waals surface area contributed by atoms with Gasteiger partial charge in [0, 0.05) is 7.05 Å². The Morgan fingerprint density at radius 2 is 1.91 bits per heavy atom. The van der Waals surface area contributed by atoms with Crippen molar-refractivity contribution in [3.8, 4) is 5.75 Å². The average Bonchev–Trinajstić information content (AvgIpc) is 2.97. The van der Waals surface area contributed by atoms with Gasteiger partial charge in [-0.15, -0.1) is 0 Å². The van der Waals surface area contributed by atoms with Gasteiger partial charge < -0.3 is 14.6 Å². The van der Waals surface area contributed by atoms with Crippen LogP contribution in [0.5, 0.6) is 5.75 Å². The molecule has 5 nitrogen and oxygen atoms in total. The lowest BCUT2D eigenvalue weighted by Crippen LogP contribution is -2.28. The van der Waals surface area contributed by atoms with Crippen molar-refractivity contribution in [2.75, 3.05) is 14.2 Å². The lowest BCUT2D eigenvalue weighted by molar-refractivity contribution is -0.129. The molecular weight excluding hydrogens is 290 g/mol. The quantitative estimate of drug-likeness (QED) is 0.788. The van der Waals surface area contributed by atoms with E-state index in [2.05, 4.69) is 9.97 Å². The summed E-state index contributed by atoms with van der Waals surface area (Å²) in [6.45, 7) is 0.462. The lowest BCUT2D eigenvalue weighted by Gasteiger charge is -2.15. The summed E-state index contributed by atoms with van der Waals surface area (Å²) in [6, 6.07) is 15.4. The van der Waals surface area contributed by atoms with Crippen LogP contribution in [-0.4, -0.2) is 34.9 Å². The van der Waals surface area contributed by atoms with E-state index in [-0.39, 0.29) is 5.91 Å². The van der Waals surface area contributed by atoms with E-state index in [1.165, 1.54) is 0 Å². The van der Waals surface area contributed by atoms with Crippen molar-refractivity contribution in [1.29, 1.82) is 0 Å². The van der Waals surface area contributed by atoms with Crippen molar-refractivity contribution >= 4 is 16.9 Å². The third-order valence-corrected chi connectivity index (χ3v) is 3.77. The number of likely N-dealkylation sites (N-methyl/N-ethyl adjacent to an activating group) is 1. The Hall–Kier alpha value is -2.82. The van der Waals surface area contributed by atoms with Crippen LogP contribution in [0.3, 0.4) is 0 Å². The summed E-state index contributed by atoms with van der Waals surface area (Å²) in [5.41, 5.74) is 2.87. The zero-order valence-electron chi connectivity index (χ0n) is 13.2. The molecule has 1 aromatic heterocycles. The second kappa shape index (κ2) is 6.52. The average molecular weight is 309 g/mol. The molecule has 1 heterocycles. The summed E-state index contributed by atoms with van der Waals surface area (Å²) in [5.74, 6) is 1.63. The Labute approximate surface area is 134 Å².